The summed E-state index contributed by atoms with van der Waals surface area (Å²) in [6.45, 7) is 5.50. The summed E-state index contributed by atoms with van der Waals surface area (Å²) >= 11 is 2.04. The molecule has 0 radical (unpaired) electrons. The summed E-state index contributed by atoms with van der Waals surface area (Å²) in [6, 6.07) is 0.775. The standard InChI is InChI=1S/C13H25NOS/c1-13(5-7-15-8-6-13)10-14-11-3-4-12(9-11)16-2/h11-12,14H,3-10H2,1-2H3. The molecule has 2 rings (SSSR count). The zero-order valence-electron chi connectivity index (χ0n) is 10.6. The fourth-order valence-corrected chi connectivity index (χ4v) is 3.57. The lowest BCUT2D eigenvalue weighted by atomic mass is 9.82. The summed E-state index contributed by atoms with van der Waals surface area (Å²) in [6.07, 6.45) is 8.83. The number of hydrogen-bond acceptors (Lipinski definition) is 3. The fraction of sp³-hybridized carbons (Fsp3) is 1.00. The minimum Gasteiger partial charge on any atom is -0.381 e. The molecule has 2 aliphatic rings. The summed E-state index contributed by atoms with van der Waals surface area (Å²) < 4.78 is 5.44. The predicted molar refractivity (Wildman–Crippen MR) is 71.1 cm³/mol. The Balaban J connectivity index is 1.70. The molecule has 0 aromatic rings. The highest BCUT2D eigenvalue weighted by Crippen LogP contribution is 2.31. The smallest absolute Gasteiger partial charge is 0.0471 e. The van der Waals surface area contributed by atoms with Gasteiger partial charge in [-0.05, 0) is 43.8 Å². The van der Waals surface area contributed by atoms with Gasteiger partial charge in [0.1, 0.15) is 0 Å². The molecule has 1 aliphatic carbocycles. The zero-order chi connectivity index (χ0) is 11.4. The molecule has 2 fully saturated rings. The highest BCUT2D eigenvalue weighted by Gasteiger charge is 2.30. The lowest BCUT2D eigenvalue weighted by Crippen LogP contribution is -2.40. The van der Waals surface area contributed by atoms with Crippen LogP contribution in [0.4, 0.5) is 0 Å². The molecule has 2 unspecified atom stereocenters. The molecule has 0 amide bonds. The molecule has 1 saturated carbocycles. The van der Waals surface area contributed by atoms with E-state index in [1.165, 1.54) is 38.6 Å². The van der Waals surface area contributed by atoms with Crippen molar-refractivity contribution in [3.63, 3.8) is 0 Å². The summed E-state index contributed by atoms with van der Waals surface area (Å²) in [5, 5.41) is 4.69. The van der Waals surface area contributed by atoms with E-state index >= 15 is 0 Å². The van der Waals surface area contributed by atoms with Crippen molar-refractivity contribution in [3.05, 3.63) is 0 Å². The average Bonchev–Trinajstić information content (AvgIpc) is 2.75. The maximum Gasteiger partial charge on any atom is 0.0471 e. The van der Waals surface area contributed by atoms with E-state index in [4.69, 9.17) is 4.74 Å². The molecule has 1 heterocycles. The minimum absolute atomic E-state index is 0.482. The first-order valence-electron chi connectivity index (χ1n) is 6.56. The van der Waals surface area contributed by atoms with Crippen LogP contribution in [-0.2, 0) is 4.74 Å². The third-order valence-corrected chi connectivity index (χ3v) is 5.33. The SMILES string of the molecule is CSC1CCC(NCC2(C)CCOCC2)C1. The number of nitrogens with one attached hydrogen (secondary N) is 1. The Labute approximate surface area is 104 Å². The van der Waals surface area contributed by atoms with E-state index in [1.807, 2.05) is 11.8 Å². The van der Waals surface area contributed by atoms with Gasteiger partial charge in [0.15, 0.2) is 0 Å². The van der Waals surface area contributed by atoms with Crippen molar-refractivity contribution in [2.45, 2.75) is 50.3 Å². The largest absolute Gasteiger partial charge is 0.381 e. The Morgan fingerprint density at radius 3 is 2.69 bits per heavy atom. The second-order valence-corrected chi connectivity index (χ2v) is 6.81. The summed E-state index contributed by atoms with van der Waals surface area (Å²) in [5.41, 5.74) is 0.482. The van der Waals surface area contributed by atoms with Crippen LogP contribution in [0.5, 0.6) is 0 Å². The van der Waals surface area contributed by atoms with Crippen LogP contribution in [-0.4, -0.2) is 37.3 Å². The molecule has 2 atom stereocenters. The molecule has 0 spiro atoms. The third-order valence-electron chi connectivity index (χ3n) is 4.24. The van der Waals surface area contributed by atoms with Crippen LogP contribution < -0.4 is 5.32 Å². The number of hydrogen-bond donors (Lipinski definition) is 1. The van der Waals surface area contributed by atoms with Crippen molar-refractivity contribution in [2.24, 2.45) is 5.41 Å². The van der Waals surface area contributed by atoms with Gasteiger partial charge in [0, 0.05) is 31.1 Å². The quantitative estimate of drug-likeness (QED) is 0.820. The van der Waals surface area contributed by atoms with Gasteiger partial charge < -0.3 is 10.1 Å². The van der Waals surface area contributed by atoms with E-state index < -0.39 is 0 Å². The van der Waals surface area contributed by atoms with Crippen LogP contribution >= 0.6 is 11.8 Å². The Morgan fingerprint density at radius 2 is 2.06 bits per heavy atom. The van der Waals surface area contributed by atoms with Gasteiger partial charge in [0.05, 0.1) is 0 Å². The van der Waals surface area contributed by atoms with Gasteiger partial charge in [-0.2, -0.15) is 11.8 Å². The maximum absolute atomic E-state index is 5.44. The molecule has 16 heavy (non-hydrogen) atoms. The van der Waals surface area contributed by atoms with Gasteiger partial charge in [-0.3, -0.25) is 0 Å². The fourth-order valence-electron chi connectivity index (χ4n) is 2.77. The first-order valence-corrected chi connectivity index (χ1v) is 7.85. The van der Waals surface area contributed by atoms with Crippen LogP contribution in [0.2, 0.25) is 0 Å². The van der Waals surface area contributed by atoms with E-state index in [9.17, 15) is 0 Å². The normalized spacial score (nSPS) is 34.1. The minimum atomic E-state index is 0.482. The third kappa shape index (κ3) is 3.38. The molecular weight excluding hydrogens is 218 g/mol. The average molecular weight is 243 g/mol. The van der Waals surface area contributed by atoms with Gasteiger partial charge in [0.2, 0.25) is 0 Å². The second kappa shape index (κ2) is 5.74. The summed E-state index contributed by atoms with van der Waals surface area (Å²) in [7, 11) is 0. The van der Waals surface area contributed by atoms with Gasteiger partial charge in [-0.25, -0.2) is 0 Å². The van der Waals surface area contributed by atoms with Crippen LogP contribution in [0.1, 0.15) is 39.0 Å². The van der Waals surface area contributed by atoms with E-state index in [1.54, 1.807) is 0 Å². The Bertz CT molecular complexity index is 216. The highest BCUT2D eigenvalue weighted by molar-refractivity contribution is 7.99. The topological polar surface area (TPSA) is 21.3 Å². The van der Waals surface area contributed by atoms with Crippen molar-refractivity contribution in [1.82, 2.24) is 5.32 Å². The molecule has 0 aromatic heterocycles. The molecule has 94 valence electrons. The summed E-state index contributed by atoms with van der Waals surface area (Å²) in [5.74, 6) is 0. The molecule has 2 nitrogen and oxygen atoms in total. The monoisotopic (exact) mass is 243 g/mol. The number of ether oxygens (including phenoxy) is 1. The van der Waals surface area contributed by atoms with Crippen LogP contribution in [0.15, 0.2) is 0 Å². The maximum atomic E-state index is 5.44. The Morgan fingerprint density at radius 1 is 1.31 bits per heavy atom. The van der Waals surface area contributed by atoms with Crippen molar-refractivity contribution < 1.29 is 4.74 Å². The first-order chi connectivity index (χ1) is 7.72. The molecule has 0 bridgehead atoms. The van der Waals surface area contributed by atoms with E-state index in [2.05, 4.69) is 18.5 Å². The van der Waals surface area contributed by atoms with Crippen molar-refractivity contribution in [1.29, 1.82) is 0 Å². The lowest BCUT2D eigenvalue weighted by Gasteiger charge is -2.34. The van der Waals surface area contributed by atoms with Crippen molar-refractivity contribution in [3.8, 4) is 0 Å². The van der Waals surface area contributed by atoms with Crippen LogP contribution in [0, 0.1) is 5.41 Å². The molecular formula is C13H25NOS. The molecule has 0 aromatic carbocycles. The van der Waals surface area contributed by atoms with Gasteiger partial charge in [-0.1, -0.05) is 6.92 Å². The molecule has 1 saturated heterocycles. The zero-order valence-corrected chi connectivity index (χ0v) is 11.4. The van der Waals surface area contributed by atoms with Crippen LogP contribution in [0.25, 0.3) is 0 Å². The van der Waals surface area contributed by atoms with Crippen molar-refractivity contribution in [2.75, 3.05) is 26.0 Å². The van der Waals surface area contributed by atoms with Gasteiger partial charge in [-0.15, -0.1) is 0 Å². The van der Waals surface area contributed by atoms with Crippen LogP contribution in [0.3, 0.4) is 0 Å². The molecule has 1 aliphatic heterocycles. The van der Waals surface area contributed by atoms with E-state index in [-0.39, 0.29) is 0 Å². The predicted octanol–water partition coefficient (Wildman–Crippen LogP) is 2.68. The second-order valence-electron chi connectivity index (χ2n) is 5.67. The molecule has 1 N–H and O–H groups in total. The number of rotatable bonds is 4. The summed E-state index contributed by atoms with van der Waals surface area (Å²) in [4.78, 5) is 0. The highest BCUT2D eigenvalue weighted by atomic mass is 32.2. The van der Waals surface area contributed by atoms with E-state index in [0.717, 1.165) is 24.5 Å². The molecule has 3 heteroatoms. The first kappa shape index (κ1) is 12.7. The van der Waals surface area contributed by atoms with Gasteiger partial charge in [0.25, 0.3) is 0 Å². The lowest BCUT2D eigenvalue weighted by molar-refractivity contribution is 0.0230. The number of thioether (sulfide) groups is 1. The van der Waals surface area contributed by atoms with E-state index in [0.29, 0.717) is 5.41 Å². The van der Waals surface area contributed by atoms with Crippen molar-refractivity contribution >= 4 is 11.8 Å². The Kier molecular flexibility index (Phi) is 4.57. The van der Waals surface area contributed by atoms with Gasteiger partial charge >= 0.3 is 0 Å². The Hall–Kier alpha value is 0.270.